The molecule has 2 aliphatic heterocycles. The Morgan fingerprint density at radius 3 is 1.37 bits per heavy atom. The molecule has 0 spiro atoms. The highest BCUT2D eigenvalue weighted by atomic mass is 16.4. The molecule has 2 saturated heterocycles. The molecule has 0 radical (unpaired) electrons. The minimum absolute atomic E-state index is 0.0160. The molecule has 2 heterocycles. The summed E-state index contributed by atoms with van der Waals surface area (Å²) in [4.78, 5) is 185. The molecule has 0 unspecified atom stereocenters. The number of carbonyl (C=O) groups is 13. The lowest BCUT2D eigenvalue weighted by molar-refractivity contribution is -0.144. The number of nitrogens with zero attached hydrogens (tertiary/aromatic N) is 4. The summed E-state index contributed by atoms with van der Waals surface area (Å²) in [7, 11) is 0. The Balaban J connectivity index is 1.63. The quantitative estimate of drug-likeness (QED) is 0.0172. The van der Waals surface area contributed by atoms with Crippen molar-refractivity contribution in [2.45, 2.75) is 157 Å². The summed E-state index contributed by atoms with van der Waals surface area (Å²) in [5, 5.41) is 36.5. The van der Waals surface area contributed by atoms with Crippen molar-refractivity contribution in [1.82, 2.24) is 47.0 Å². The Labute approximate surface area is 512 Å². The number of hydrogen-bond acceptors (Lipinski definition) is 16. The van der Waals surface area contributed by atoms with Gasteiger partial charge in [-0.1, -0.05) is 60.7 Å². The largest absolute Gasteiger partial charge is 0.481 e. The van der Waals surface area contributed by atoms with E-state index in [0.29, 0.717) is 17.5 Å². The number of carboxylic acid groups (broad SMARTS) is 2. The Bertz CT molecular complexity index is 2910. The fourth-order valence-corrected chi connectivity index (χ4v) is 9.91. The van der Waals surface area contributed by atoms with E-state index in [1.807, 2.05) is 0 Å². The van der Waals surface area contributed by atoms with Crippen LogP contribution in [0.25, 0.3) is 0 Å². The average molecular weight is 1250 g/mol. The molecule has 0 aromatic heterocycles. The van der Waals surface area contributed by atoms with E-state index in [9.17, 15) is 72.5 Å². The van der Waals surface area contributed by atoms with Crippen LogP contribution >= 0.6 is 0 Å². The number of rotatable bonds is 36. The van der Waals surface area contributed by atoms with Gasteiger partial charge in [0.15, 0.2) is 11.9 Å². The molecule has 0 saturated carbocycles. The second-order valence-electron chi connectivity index (χ2n) is 21.5. The number of aliphatic carboxylic acids is 2. The Kier molecular flexibility index (Phi) is 28.6. The maximum atomic E-state index is 14.8. The molecule has 10 atom stereocenters. The molecule has 486 valence electrons. The van der Waals surface area contributed by atoms with Gasteiger partial charge in [-0.2, -0.15) is 0 Å². The van der Waals surface area contributed by atoms with E-state index < -0.39 is 163 Å². The number of primary amides is 2. The third-order valence-corrected chi connectivity index (χ3v) is 14.4. The molecule has 33 nitrogen and oxygen atoms in total. The minimum Gasteiger partial charge on any atom is -0.481 e. The SMILES string of the molecule is C[C@H](NC(=O)[C@H](CCCN=C(N)N)NC(=O)[C@H](Cc1ccccc1)NC(=O)[C@H](Cc1ccccc1)NC(=O)[C@@H]1CCCN1C(=O)[C@H](CCCN=C(N)N)NC(=O)[C@H](CCC(N)=O)NC(=O)[C@H](CC(N)=O)NC(=O)[C@@H]1CCCN1C(=O)[C@@H](N)CC(=O)O)C(=O)O. The van der Waals surface area contributed by atoms with E-state index in [4.69, 9.17) is 40.1 Å². The smallest absolute Gasteiger partial charge is 0.325 e. The van der Waals surface area contributed by atoms with Gasteiger partial charge in [-0.15, -0.1) is 0 Å². The Morgan fingerprint density at radius 1 is 0.506 bits per heavy atom. The van der Waals surface area contributed by atoms with Crippen LogP contribution in [0.2, 0.25) is 0 Å². The summed E-state index contributed by atoms with van der Waals surface area (Å²) in [6.07, 6.45) is -2.20. The number of benzene rings is 2. The van der Waals surface area contributed by atoms with E-state index in [-0.39, 0.29) is 95.9 Å². The predicted molar refractivity (Wildman–Crippen MR) is 319 cm³/mol. The van der Waals surface area contributed by atoms with Gasteiger partial charge in [0.05, 0.1) is 18.9 Å². The van der Waals surface area contributed by atoms with Crippen molar-refractivity contribution in [2.24, 2.45) is 50.1 Å². The zero-order valence-electron chi connectivity index (χ0n) is 49.3. The van der Waals surface area contributed by atoms with Crippen LogP contribution in [-0.2, 0) is 75.2 Å². The van der Waals surface area contributed by atoms with Crippen molar-refractivity contribution in [3.63, 3.8) is 0 Å². The highest BCUT2D eigenvalue weighted by molar-refractivity contribution is 6.00. The van der Waals surface area contributed by atoms with Crippen LogP contribution in [0.4, 0.5) is 0 Å². The summed E-state index contributed by atoms with van der Waals surface area (Å²) in [5.74, 6) is -13.4. The number of nitrogens with two attached hydrogens (primary N) is 7. The fourth-order valence-electron chi connectivity index (χ4n) is 9.91. The van der Waals surface area contributed by atoms with Gasteiger partial charge in [-0.25, -0.2) is 0 Å². The number of likely N-dealkylation sites (tertiary alicyclic amines) is 2. The third-order valence-electron chi connectivity index (χ3n) is 14.4. The highest BCUT2D eigenvalue weighted by Crippen LogP contribution is 2.22. The van der Waals surface area contributed by atoms with Crippen LogP contribution in [0.5, 0.6) is 0 Å². The van der Waals surface area contributed by atoms with Gasteiger partial charge < -0.3 is 97.4 Å². The first-order valence-electron chi connectivity index (χ1n) is 28.8. The van der Waals surface area contributed by atoms with Crippen LogP contribution in [0.1, 0.15) is 95.1 Å². The Morgan fingerprint density at radius 2 is 0.910 bits per heavy atom. The molecule has 89 heavy (non-hydrogen) atoms. The first kappa shape index (κ1) is 71.5. The zero-order valence-corrected chi connectivity index (χ0v) is 49.3. The van der Waals surface area contributed by atoms with Crippen LogP contribution in [0.15, 0.2) is 70.6 Å². The number of carboxylic acids is 2. The van der Waals surface area contributed by atoms with E-state index in [1.165, 1.54) is 11.8 Å². The highest BCUT2D eigenvalue weighted by Gasteiger charge is 2.42. The summed E-state index contributed by atoms with van der Waals surface area (Å²) in [5.41, 5.74) is 39.9. The molecule has 4 rings (SSSR count). The van der Waals surface area contributed by atoms with Crippen molar-refractivity contribution < 1.29 is 72.5 Å². The van der Waals surface area contributed by atoms with Crippen LogP contribution < -0.4 is 77.4 Å². The van der Waals surface area contributed by atoms with Crippen LogP contribution in [0.3, 0.4) is 0 Å². The van der Waals surface area contributed by atoms with Gasteiger partial charge in [0.2, 0.25) is 65.0 Å². The van der Waals surface area contributed by atoms with Crippen molar-refractivity contribution in [2.75, 3.05) is 26.2 Å². The number of amides is 11. The second kappa shape index (κ2) is 35.6. The van der Waals surface area contributed by atoms with Gasteiger partial charge >= 0.3 is 11.9 Å². The molecule has 2 aromatic carbocycles. The molecule has 33 heteroatoms. The number of nitrogens with one attached hydrogen (secondary N) is 7. The molecule has 0 aliphatic carbocycles. The number of aliphatic imine (C=N–C) groups is 2. The zero-order chi connectivity index (χ0) is 65.9. The van der Waals surface area contributed by atoms with Gasteiger partial charge in [0.25, 0.3) is 0 Å². The fraction of sp³-hybridized carbons (Fsp3) is 0.518. The molecular formula is C56H82N18O15. The maximum Gasteiger partial charge on any atom is 0.325 e. The van der Waals surface area contributed by atoms with E-state index >= 15 is 0 Å². The summed E-state index contributed by atoms with van der Waals surface area (Å²) >= 11 is 0. The lowest BCUT2D eigenvalue weighted by atomic mass is 10.0. The molecule has 0 bridgehead atoms. The van der Waals surface area contributed by atoms with E-state index in [1.54, 1.807) is 60.7 Å². The molecular weight excluding hydrogens is 1160 g/mol. The standard InChI is InChI=1S/C56H82N18O15/c1-30(54(88)89)66-45(79)34(16-8-22-64-55(60)61)67-47(81)37(26-31-12-4-2-5-13-31)70-48(82)38(27-32-14-6-3-7-15-32)71-51(85)41-19-11-25-74(41)53(87)36(17-9-23-65-56(62)63)69-46(80)35(20-21-42(58)75)68-49(83)39(29-43(59)76)72-50(84)40-18-10-24-73(40)52(86)33(57)28-44(77)78/h2-7,12-15,30,33-41H,8-11,16-29,57H2,1H3,(H2,58,75)(H2,59,76)(H,66,79)(H,67,81)(H,68,83)(H,69,80)(H,70,82)(H,71,85)(H,72,84)(H,77,78)(H,88,89)(H4,60,61,64)(H4,62,63,65)/t30-,33-,34-,35-,36-,37-,38-,39-,40-,41-/m0/s1. The average Bonchev–Trinajstić information content (AvgIpc) is 2.67. The number of guanidine groups is 2. The van der Waals surface area contributed by atoms with Gasteiger partial charge in [0, 0.05) is 45.4 Å². The molecule has 23 N–H and O–H groups in total. The summed E-state index contributed by atoms with van der Waals surface area (Å²) < 4.78 is 0. The maximum absolute atomic E-state index is 14.8. The molecule has 11 amide bonds. The van der Waals surface area contributed by atoms with Crippen molar-refractivity contribution in [1.29, 1.82) is 0 Å². The van der Waals surface area contributed by atoms with Gasteiger partial charge in [-0.05, 0) is 75.8 Å². The van der Waals surface area contributed by atoms with Crippen molar-refractivity contribution >= 4 is 88.8 Å². The van der Waals surface area contributed by atoms with E-state index in [2.05, 4.69) is 47.2 Å². The molecule has 2 fully saturated rings. The van der Waals surface area contributed by atoms with Crippen molar-refractivity contribution in [3.8, 4) is 0 Å². The second-order valence-corrected chi connectivity index (χ2v) is 21.5. The lowest BCUT2D eigenvalue weighted by Gasteiger charge is -2.31. The first-order chi connectivity index (χ1) is 42.1. The van der Waals surface area contributed by atoms with Crippen LogP contribution in [0, 0.1) is 0 Å². The summed E-state index contributed by atoms with van der Waals surface area (Å²) in [6, 6.07) is 2.48. The Hall–Kier alpha value is -9.95. The molecule has 2 aliphatic rings. The summed E-state index contributed by atoms with van der Waals surface area (Å²) in [6.45, 7) is 1.21. The molecule has 2 aromatic rings. The monoisotopic (exact) mass is 1250 g/mol. The topological polar surface area (TPSA) is 560 Å². The first-order valence-corrected chi connectivity index (χ1v) is 28.8. The minimum atomic E-state index is -1.78. The predicted octanol–water partition coefficient (Wildman–Crippen LogP) is -6.00. The normalized spacial score (nSPS) is 17.0. The van der Waals surface area contributed by atoms with Gasteiger partial charge in [0.1, 0.15) is 54.4 Å². The lowest BCUT2D eigenvalue weighted by Crippen LogP contribution is -2.61. The van der Waals surface area contributed by atoms with Gasteiger partial charge in [-0.3, -0.25) is 72.3 Å². The third kappa shape index (κ3) is 24.0. The van der Waals surface area contributed by atoms with E-state index in [0.717, 1.165) is 4.90 Å². The number of hydrogen-bond donors (Lipinski definition) is 16. The van der Waals surface area contributed by atoms with Crippen molar-refractivity contribution in [3.05, 3.63) is 71.8 Å². The number of carbonyl (C=O) groups excluding carboxylic acids is 11. The van der Waals surface area contributed by atoms with Crippen LogP contribution in [-0.4, -0.2) is 195 Å².